The summed E-state index contributed by atoms with van der Waals surface area (Å²) in [6, 6.07) is 5.89. The zero-order chi connectivity index (χ0) is 13.3. The topological polar surface area (TPSA) is 77.6 Å². The maximum atomic E-state index is 11.1. The monoisotopic (exact) mass is 258 g/mol. The van der Waals surface area contributed by atoms with Crippen molar-refractivity contribution in [3.63, 3.8) is 0 Å². The molecule has 1 aromatic rings. The second kappa shape index (κ2) is 4.46. The van der Waals surface area contributed by atoms with Gasteiger partial charge in [-0.1, -0.05) is 12.1 Å². The van der Waals surface area contributed by atoms with Crippen molar-refractivity contribution >= 4 is 16.3 Å². The van der Waals surface area contributed by atoms with Gasteiger partial charge in [0.05, 0.1) is 5.56 Å². The Morgan fingerprint density at radius 2 is 1.76 bits per heavy atom. The minimum absolute atomic E-state index is 0.229. The normalized spacial score (nSPS) is 13.8. The van der Waals surface area contributed by atoms with Crippen molar-refractivity contribution in [3.05, 3.63) is 29.8 Å². The van der Waals surface area contributed by atoms with E-state index in [1.807, 2.05) is 0 Å². The Morgan fingerprint density at radius 3 is 2.24 bits per heavy atom. The molecule has 0 aliphatic carbocycles. The molecule has 1 aromatic carbocycles. The van der Waals surface area contributed by atoms with E-state index in [-0.39, 0.29) is 10.5 Å². The first-order chi connectivity index (χ1) is 7.62. The lowest BCUT2D eigenvalue weighted by atomic mass is 10.1. The third-order valence-electron chi connectivity index (χ3n) is 2.15. The van der Waals surface area contributed by atoms with E-state index in [2.05, 4.69) is 0 Å². The summed E-state index contributed by atoms with van der Waals surface area (Å²) in [4.78, 5) is -0.233. The van der Waals surface area contributed by atoms with Crippen molar-refractivity contribution in [3.8, 4) is 0 Å². The van der Waals surface area contributed by atoms with Gasteiger partial charge in [-0.3, -0.25) is 9.76 Å². The molecule has 0 heterocycles. The molecular formula is C11H16NO4S+. The van der Waals surface area contributed by atoms with E-state index in [4.69, 9.17) is 4.55 Å². The van der Waals surface area contributed by atoms with Gasteiger partial charge in [0, 0.05) is 20.8 Å². The molecule has 1 rings (SSSR count). The summed E-state index contributed by atoms with van der Waals surface area (Å²) >= 11 is 0. The zero-order valence-corrected chi connectivity index (χ0v) is 10.8. The second-order valence-corrected chi connectivity index (χ2v) is 6.05. The van der Waals surface area contributed by atoms with Crippen LogP contribution in [-0.4, -0.2) is 34.7 Å². The molecule has 0 saturated heterocycles. The van der Waals surface area contributed by atoms with E-state index >= 15 is 0 Å². The van der Waals surface area contributed by atoms with Crippen molar-refractivity contribution in [2.24, 2.45) is 0 Å². The Kier molecular flexibility index (Phi) is 3.59. The van der Waals surface area contributed by atoms with Crippen molar-refractivity contribution < 1.29 is 22.9 Å². The Balaban J connectivity index is 3.35. The Hall–Kier alpha value is -1.40. The molecule has 94 valence electrons. The molecule has 0 amide bonds. The summed E-state index contributed by atoms with van der Waals surface area (Å²) in [7, 11) is -4.29. The van der Waals surface area contributed by atoms with Crippen LogP contribution in [0.1, 0.15) is 26.3 Å². The summed E-state index contributed by atoms with van der Waals surface area (Å²) in [6.07, 6.45) is 1.27. The number of hydroxylamine groups is 1. The third-order valence-corrected chi connectivity index (χ3v) is 3.07. The first-order valence-electron chi connectivity index (χ1n) is 5.02. The lowest BCUT2D eigenvalue weighted by molar-refractivity contribution is -0.816. The maximum Gasteiger partial charge on any atom is 0.295 e. The fraction of sp³-hybridized carbons (Fsp3) is 0.364. The van der Waals surface area contributed by atoms with Gasteiger partial charge in [-0.25, -0.2) is 0 Å². The largest absolute Gasteiger partial charge is 0.295 e. The predicted octanol–water partition coefficient (Wildman–Crippen LogP) is 1.55. The van der Waals surface area contributed by atoms with Crippen LogP contribution in [0.25, 0.3) is 0 Å². The molecule has 0 aliphatic rings. The van der Waals surface area contributed by atoms with E-state index < -0.39 is 15.7 Å². The first kappa shape index (κ1) is 13.7. The van der Waals surface area contributed by atoms with Crippen molar-refractivity contribution in [2.75, 3.05) is 0 Å². The van der Waals surface area contributed by atoms with Crippen LogP contribution >= 0.6 is 0 Å². The first-order valence-corrected chi connectivity index (χ1v) is 6.46. The van der Waals surface area contributed by atoms with Gasteiger partial charge in [0.1, 0.15) is 4.90 Å². The highest BCUT2D eigenvalue weighted by Gasteiger charge is 2.25. The SMILES string of the molecule is CC(C)(C)/[N+](O)=C\c1ccccc1S(=O)(=O)O. The molecule has 0 bridgehead atoms. The van der Waals surface area contributed by atoms with Crippen LogP contribution in [0, 0.1) is 0 Å². The van der Waals surface area contributed by atoms with Crippen LogP contribution in [0.5, 0.6) is 0 Å². The molecule has 0 aromatic heterocycles. The van der Waals surface area contributed by atoms with Gasteiger partial charge >= 0.3 is 0 Å². The summed E-state index contributed by atoms with van der Waals surface area (Å²) in [5, 5.41) is 9.73. The molecule has 0 atom stereocenters. The highest BCUT2D eigenvalue weighted by Crippen LogP contribution is 2.14. The van der Waals surface area contributed by atoms with Gasteiger partial charge < -0.3 is 0 Å². The van der Waals surface area contributed by atoms with Gasteiger partial charge in [-0.2, -0.15) is 8.42 Å². The van der Waals surface area contributed by atoms with Crippen LogP contribution in [-0.2, 0) is 10.1 Å². The Labute approximate surface area is 101 Å². The summed E-state index contributed by atoms with van der Waals surface area (Å²) < 4.78 is 32.2. The standard InChI is InChI=1S/C11H15NO4S/c1-11(2,3)12(13)8-9-6-4-5-7-10(9)17(14,15)16/h4-8H,1-3H3,(H-,13,14,15,16)/p+1/b12-8+. The highest BCUT2D eigenvalue weighted by molar-refractivity contribution is 7.86. The molecular weight excluding hydrogens is 242 g/mol. The van der Waals surface area contributed by atoms with E-state index in [1.165, 1.54) is 24.4 Å². The zero-order valence-electron chi connectivity index (χ0n) is 9.95. The molecule has 17 heavy (non-hydrogen) atoms. The molecule has 6 heteroatoms. The molecule has 5 nitrogen and oxygen atoms in total. The lowest BCUT2D eigenvalue weighted by Crippen LogP contribution is -2.31. The Bertz CT molecular complexity index is 541. The molecule has 0 saturated carbocycles. The van der Waals surface area contributed by atoms with Gasteiger partial charge in [0.25, 0.3) is 10.1 Å². The molecule has 0 aliphatic heterocycles. The highest BCUT2D eigenvalue weighted by atomic mass is 32.2. The lowest BCUT2D eigenvalue weighted by Gasteiger charge is -2.09. The van der Waals surface area contributed by atoms with Crippen LogP contribution in [0.2, 0.25) is 0 Å². The number of rotatable bonds is 2. The quantitative estimate of drug-likeness (QED) is 0.277. The van der Waals surface area contributed by atoms with E-state index in [1.54, 1.807) is 26.8 Å². The maximum absolute atomic E-state index is 11.1. The van der Waals surface area contributed by atoms with Crippen LogP contribution in [0.4, 0.5) is 0 Å². The van der Waals surface area contributed by atoms with E-state index in [0.29, 0.717) is 0 Å². The average molecular weight is 258 g/mol. The van der Waals surface area contributed by atoms with Crippen LogP contribution in [0.3, 0.4) is 0 Å². The smallest absolute Gasteiger partial charge is 0.290 e. The van der Waals surface area contributed by atoms with Gasteiger partial charge in [0.15, 0.2) is 0 Å². The molecule has 0 fully saturated rings. The summed E-state index contributed by atoms with van der Waals surface area (Å²) in [6.45, 7) is 5.29. The van der Waals surface area contributed by atoms with Gasteiger partial charge in [-0.15, -0.1) is 0 Å². The fourth-order valence-electron chi connectivity index (χ4n) is 1.15. The van der Waals surface area contributed by atoms with Crippen LogP contribution < -0.4 is 0 Å². The second-order valence-electron chi connectivity index (χ2n) is 4.66. The predicted molar refractivity (Wildman–Crippen MR) is 63.2 cm³/mol. The van der Waals surface area contributed by atoms with Crippen molar-refractivity contribution in [1.82, 2.24) is 0 Å². The molecule has 0 spiro atoms. The van der Waals surface area contributed by atoms with Crippen molar-refractivity contribution in [2.45, 2.75) is 31.2 Å². The minimum atomic E-state index is -4.29. The number of hydrogen-bond acceptors (Lipinski definition) is 3. The van der Waals surface area contributed by atoms with E-state index in [9.17, 15) is 13.6 Å². The summed E-state index contributed by atoms with van der Waals surface area (Å²) in [5.74, 6) is 0. The minimum Gasteiger partial charge on any atom is -0.290 e. The molecule has 2 N–H and O–H groups in total. The molecule has 0 unspecified atom stereocenters. The van der Waals surface area contributed by atoms with E-state index in [0.717, 1.165) is 4.74 Å². The average Bonchev–Trinajstić information content (AvgIpc) is 2.15. The van der Waals surface area contributed by atoms with Crippen molar-refractivity contribution in [1.29, 1.82) is 0 Å². The summed E-state index contributed by atoms with van der Waals surface area (Å²) in [5.41, 5.74) is -0.334. The number of nitrogens with zero attached hydrogens (tertiary/aromatic N) is 1. The third kappa shape index (κ3) is 3.54. The Morgan fingerprint density at radius 1 is 1.24 bits per heavy atom. The number of benzene rings is 1. The van der Waals surface area contributed by atoms with Gasteiger partial charge in [-0.05, 0) is 16.9 Å². The fourth-order valence-corrected chi connectivity index (χ4v) is 1.82. The molecule has 0 radical (unpaired) electrons. The van der Waals surface area contributed by atoms with Gasteiger partial charge in [0.2, 0.25) is 11.8 Å². The van der Waals surface area contributed by atoms with Crippen LogP contribution in [0.15, 0.2) is 29.2 Å². The number of hydrogen-bond donors (Lipinski definition) is 2.